The molecule has 7 nitrogen and oxygen atoms in total. The summed E-state index contributed by atoms with van der Waals surface area (Å²) >= 11 is 0. The van der Waals surface area contributed by atoms with Gasteiger partial charge in [0, 0.05) is 0 Å². The molecule has 0 amide bonds. The molecule has 7 heteroatoms. The van der Waals surface area contributed by atoms with Gasteiger partial charge in [0.05, 0.1) is 19.3 Å². The number of para-hydroxylation sites is 1. The Morgan fingerprint density at radius 1 is 1.17 bits per heavy atom. The number of carbonyl (C=O) groups is 2. The Bertz CT molecular complexity index is 502. The number of nitrogens with one attached hydrogen (secondary N) is 1. The van der Waals surface area contributed by atoms with Gasteiger partial charge in [0.1, 0.15) is 5.75 Å². The first-order chi connectivity index (χ1) is 11.5. The normalized spacial score (nSPS) is 14.4. The van der Waals surface area contributed by atoms with Crippen molar-refractivity contribution in [1.82, 2.24) is 5.32 Å². The number of ether oxygens (including phenoxy) is 2. The molecule has 0 saturated carbocycles. The van der Waals surface area contributed by atoms with Crippen molar-refractivity contribution in [3.63, 3.8) is 0 Å². The third kappa shape index (κ3) is 7.94. The first-order valence-corrected chi connectivity index (χ1v) is 8.03. The lowest BCUT2D eigenvalue weighted by atomic mass is 10.1. The lowest BCUT2D eigenvalue weighted by molar-refractivity contribution is -0.159. The van der Waals surface area contributed by atoms with Gasteiger partial charge >= 0.3 is 11.9 Å². The molecule has 1 aliphatic rings. The number of carboxylic acid groups (broad SMARTS) is 2. The summed E-state index contributed by atoms with van der Waals surface area (Å²) < 4.78 is 11.5. The molecule has 134 valence electrons. The van der Waals surface area contributed by atoms with E-state index in [4.69, 9.17) is 29.3 Å². The van der Waals surface area contributed by atoms with Gasteiger partial charge in [-0.2, -0.15) is 0 Å². The Hall–Kier alpha value is -2.12. The minimum absolute atomic E-state index is 0.436. The van der Waals surface area contributed by atoms with Crippen LogP contribution in [-0.2, 0) is 20.7 Å². The molecule has 1 saturated heterocycles. The molecule has 0 atom stereocenters. The summed E-state index contributed by atoms with van der Waals surface area (Å²) in [5.74, 6) is -2.65. The summed E-state index contributed by atoms with van der Waals surface area (Å²) in [6.07, 6.45) is 3.63. The van der Waals surface area contributed by atoms with Crippen LogP contribution in [0.4, 0.5) is 0 Å². The second-order valence-corrected chi connectivity index (χ2v) is 5.22. The van der Waals surface area contributed by atoms with Crippen LogP contribution in [-0.4, -0.2) is 54.6 Å². The molecule has 24 heavy (non-hydrogen) atoms. The van der Waals surface area contributed by atoms with Crippen LogP contribution in [0.1, 0.15) is 25.3 Å². The summed E-state index contributed by atoms with van der Waals surface area (Å²) in [4.78, 5) is 18.2. The minimum Gasteiger partial charge on any atom is -0.494 e. The van der Waals surface area contributed by atoms with Crippen LogP contribution in [0.15, 0.2) is 24.3 Å². The molecule has 0 spiro atoms. The molecule has 1 aliphatic heterocycles. The molecule has 1 aromatic carbocycles. The zero-order chi connectivity index (χ0) is 17.8. The predicted octanol–water partition coefficient (Wildman–Crippen LogP) is 1.55. The fraction of sp³-hybridized carbons (Fsp3) is 0.529. The van der Waals surface area contributed by atoms with Gasteiger partial charge in [-0.05, 0) is 50.9 Å². The van der Waals surface area contributed by atoms with E-state index in [0.29, 0.717) is 12.7 Å². The molecule has 1 heterocycles. The molecule has 0 radical (unpaired) electrons. The summed E-state index contributed by atoms with van der Waals surface area (Å²) in [6, 6.07) is 8.23. The van der Waals surface area contributed by atoms with Crippen molar-refractivity contribution >= 4 is 11.9 Å². The van der Waals surface area contributed by atoms with Crippen molar-refractivity contribution in [3.05, 3.63) is 29.8 Å². The minimum atomic E-state index is -1.82. The number of piperidine rings is 1. The van der Waals surface area contributed by atoms with Crippen LogP contribution in [0.5, 0.6) is 5.75 Å². The van der Waals surface area contributed by atoms with Gasteiger partial charge < -0.3 is 25.0 Å². The van der Waals surface area contributed by atoms with Crippen LogP contribution in [0, 0.1) is 0 Å². The van der Waals surface area contributed by atoms with Crippen LogP contribution < -0.4 is 10.1 Å². The summed E-state index contributed by atoms with van der Waals surface area (Å²) in [5.41, 5.74) is 1.24. The van der Waals surface area contributed by atoms with Crippen molar-refractivity contribution in [2.24, 2.45) is 0 Å². The van der Waals surface area contributed by atoms with Gasteiger partial charge in [0.25, 0.3) is 0 Å². The van der Waals surface area contributed by atoms with E-state index in [1.165, 1.54) is 5.56 Å². The van der Waals surface area contributed by atoms with Gasteiger partial charge in [-0.1, -0.05) is 18.2 Å². The molecule has 1 fully saturated rings. The Labute approximate surface area is 141 Å². The summed E-state index contributed by atoms with van der Waals surface area (Å²) in [7, 11) is 0. The van der Waals surface area contributed by atoms with Crippen molar-refractivity contribution in [2.75, 3.05) is 26.3 Å². The number of benzene rings is 1. The average Bonchev–Trinajstić information content (AvgIpc) is 2.58. The van der Waals surface area contributed by atoms with E-state index in [9.17, 15) is 0 Å². The summed E-state index contributed by atoms with van der Waals surface area (Å²) in [6.45, 7) is 5.68. The number of rotatable bonds is 6. The second-order valence-electron chi connectivity index (χ2n) is 5.22. The Morgan fingerprint density at radius 2 is 1.79 bits per heavy atom. The predicted molar refractivity (Wildman–Crippen MR) is 88.4 cm³/mol. The third-order valence-corrected chi connectivity index (χ3v) is 3.47. The Balaban J connectivity index is 0.000000413. The molecular weight excluding hydrogens is 314 g/mol. The average molecular weight is 339 g/mol. The molecular formula is C17H25NO6. The first-order valence-electron chi connectivity index (χ1n) is 8.03. The molecule has 0 aliphatic carbocycles. The van der Waals surface area contributed by atoms with Gasteiger partial charge in [-0.25, -0.2) is 9.59 Å². The maximum absolute atomic E-state index is 9.10. The maximum Gasteiger partial charge on any atom is 0.414 e. The lowest BCUT2D eigenvalue weighted by Gasteiger charge is -2.23. The van der Waals surface area contributed by atoms with E-state index < -0.39 is 11.9 Å². The van der Waals surface area contributed by atoms with Crippen LogP contribution >= 0.6 is 0 Å². The Morgan fingerprint density at radius 3 is 2.38 bits per heavy atom. The zero-order valence-electron chi connectivity index (χ0n) is 13.9. The fourth-order valence-electron chi connectivity index (χ4n) is 2.30. The highest BCUT2D eigenvalue weighted by molar-refractivity contribution is 6.27. The van der Waals surface area contributed by atoms with E-state index in [-0.39, 0.29) is 0 Å². The maximum atomic E-state index is 9.10. The smallest absolute Gasteiger partial charge is 0.414 e. The van der Waals surface area contributed by atoms with Gasteiger partial charge in [-0.3, -0.25) is 0 Å². The lowest BCUT2D eigenvalue weighted by Crippen LogP contribution is -2.32. The quantitative estimate of drug-likeness (QED) is 0.675. The molecule has 0 aromatic heterocycles. The van der Waals surface area contributed by atoms with Crippen molar-refractivity contribution in [2.45, 2.75) is 32.3 Å². The highest BCUT2D eigenvalue weighted by Crippen LogP contribution is 2.19. The number of hydrogen-bond donors (Lipinski definition) is 3. The number of carboxylic acids is 2. The standard InChI is InChI=1S/C15H23NO2.C2H2O4/c1-2-17-15-6-4-3-5-13(15)9-12-18-14-7-10-16-11-8-14;3-1(4)2(5)6/h3-6,14,16H,2,7-12H2,1H3;(H,3,4)(H,5,6). The molecule has 1 aromatic rings. The fourth-order valence-corrected chi connectivity index (χ4v) is 2.30. The van der Waals surface area contributed by atoms with Gasteiger partial charge in [0.2, 0.25) is 0 Å². The van der Waals surface area contributed by atoms with Gasteiger partial charge in [0.15, 0.2) is 0 Å². The third-order valence-electron chi connectivity index (χ3n) is 3.47. The Kier molecular flexibility index (Phi) is 9.48. The molecule has 0 bridgehead atoms. The van der Waals surface area contributed by atoms with Crippen LogP contribution in [0.3, 0.4) is 0 Å². The summed E-state index contributed by atoms with van der Waals surface area (Å²) in [5, 5.41) is 18.1. The van der Waals surface area contributed by atoms with Crippen LogP contribution in [0.2, 0.25) is 0 Å². The first kappa shape index (κ1) is 19.9. The highest BCUT2D eigenvalue weighted by atomic mass is 16.5. The molecule has 2 rings (SSSR count). The second kappa shape index (κ2) is 11.4. The number of aliphatic carboxylic acids is 2. The van der Waals surface area contributed by atoms with E-state index in [0.717, 1.165) is 44.7 Å². The van der Waals surface area contributed by atoms with E-state index in [1.807, 2.05) is 19.1 Å². The van der Waals surface area contributed by atoms with Crippen molar-refractivity contribution in [1.29, 1.82) is 0 Å². The van der Waals surface area contributed by atoms with Gasteiger partial charge in [-0.15, -0.1) is 0 Å². The SMILES string of the molecule is CCOc1ccccc1CCOC1CCNCC1.O=C(O)C(=O)O. The van der Waals surface area contributed by atoms with Crippen molar-refractivity contribution < 1.29 is 29.3 Å². The largest absolute Gasteiger partial charge is 0.494 e. The van der Waals surface area contributed by atoms with E-state index >= 15 is 0 Å². The highest BCUT2D eigenvalue weighted by Gasteiger charge is 2.13. The van der Waals surface area contributed by atoms with Crippen molar-refractivity contribution in [3.8, 4) is 5.75 Å². The number of hydrogen-bond acceptors (Lipinski definition) is 5. The van der Waals surface area contributed by atoms with Crippen LogP contribution in [0.25, 0.3) is 0 Å². The van der Waals surface area contributed by atoms with E-state index in [2.05, 4.69) is 17.4 Å². The zero-order valence-corrected chi connectivity index (χ0v) is 13.9. The monoisotopic (exact) mass is 339 g/mol. The molecule has 0 unspecified atom stereocenters. The molecule has 3 N–H and O–H groups in total. The topological polar surface area (TPSA) is 105 Å². The van der Waals surface area contributed by atoms with E-state index in [1.54, 1.807) is 0 Å².